The van der Waals surface area contributed by atoms with Crippen molar-refractivity contribution in [1.29, 1.82) is 0 Å². The van der Waals surface area contributed by atoms with Gasteiger partial charge < -0.3 is 9.67 Å². The van der Waals surface area contributed by atoms with Crippen molar-refractivity contribution < 1.29 is 5.11 Å². The summed E-state index contributed by atoms with van der Waals surface area (Å²) in [7, 11) is 0. The van der Waals surface area contributed by atoms with E-state index in [9.17, 15) is 5.11 Å². The zero-order chi connectivity index (χ0) is 50.3. The maximum absolute atomic E-state index is 12.0. The highest BCUT2D eigenvalue weighted by Gasteiger charge is 2.34. The van der Waals surface area contributed by atoms with Gasteiger partial charge in [0, 0.05) is 54.6 Å². The highest BCUT2D eigenvalue weighted by molar-refractivity contribution is 6.14. The van der Waals surface area contributed by atoms with Crippen LogP contribution in [0.2, 0.25) is 0 Å². The standard InChI is InChI=1S/C69H48N6O/c76-63-42-22-15-34-53(63)46-27-7-8-35-54(46)64-65(56-43-55(44-23-3-1-4-24-44)70-67(71-56)45-25-5-2-6-26-45)66(73-57-36-16-9-28-47(57)48-29-10-17-37-58(48)73)69(75-61-40-20-13-32-51(61)52-33-14-21-41-62(52)75)72-68(64)74-59-38-18-11-30-49(59)50-31-12-19-39-60(50)74/h1-6,8-14,16-26,28-33,35-43,76H,7,15,27,34H2. The summed E-state index contributed by atoms with van der Waals surface area (Å²) < 4.78 is 7.22. The summed E-state index contributed by atoms with van der Waals surface area (Å²) in [4.78, 5) is 17.6. The lowest BCUT2D eigenvalue weighted by Gasteiger charge is -2.28. The molecule has 1 N–H and O–H groups in total. The highest BCUT2D eigenvalue weighted by atomic mass is 16.3. The van der Waals surface area contributed by atoms with Crippen LogP contribution < -0.4 is 0 Å². The first kappa shape index (κ1) is 43.7. The van der Waals surface area contributed by atoms with E-state index < -0.39 is 0 Å². The Hall–Kier alpha value is -9.85. The summed E-state index contributed by atoms with van der Waals surface area (Å²) in [6, 6.07) is 75.3. The molecule has 360 valence electrons. The fraction of sp³-hybridized carbons (Fsp3) is 0.0580. The van der Waals surface area contributed by atoms with E-state index in [0.717, 1.165) is 152 Å². The first-order valence-corrected chi connectivity index (χ1v) is 26.2. The smallest absolute Gasteiger partial charge is 0.165 e. The maximum Gasteiger partial charge on any atom is 0.165 e. The molecule has 76 heavy (non-hydrogen) atoms. The van der Waals surface area contributed by atoms with Gasteiger partial charge in [0.2, 0.25) is 0 Å². The van der Waals surface area contributed by atoms with Gasteiger partial charge in [0.25, 0.3) is 0 Å². The van der Waals surface area contributed by atoms with Crippen molar-refractivity contribution in [2.45, 2.75) is 25.7 Å². The minimum Gasteiger partial charge on any atom is -0.508 e. The normalized spacial score (nSPS) is 13.9. The summed E-state index contributed by atoms with van der Waals surface area (Å²) >= 11 is 0. The van der Waals surface area contributed by atoms with Crippen molar-refractivity contribution in [2.24, 2.45) is 0 Å². The number of hydrogen-bond donors (Lipinski definition) is 1. The van der Waals surface area contributed by atoms with Gasteiger partial charge in [0.1, 0.15) is 17.3 Å². The van der Waals surface area contributed by atoms with Crippen molar-refractivity contribution in [2.75, 3.05) is 0 Å². The SMILES string of the molecule is OC1=C(C2=C(c3c(-n4c5ccccc5c5ccccc54)nc(-n4c5ccccc5c5ccccc54)c(-n4c5ccccc5c5ccccc54)c3-c3cc(-c4ccccc4)nc(-c4ccccc4)n3)C=CCC2)CCC=C1. The minimum atomic E-state index is 0.311. The van der Waals surface area contributed by atoms with E-state index in [1.54, 1.807) is 0 Å². The van der Waals surface area contributed by atoms with Crippen LogP contribution >= 0.6 is 0 Å². The number of nitrogens with zero attached hydrogens (tertiary/aromatic N) is 6. The van der Waals surface area contributed by atoms with E-state index in [-0.39, 0.29) is 0 Å². The predicted molar refractivity (Wildman–Crippen MR) is 312 cm³/mol. The van der Waals surface area contributed by atoms with Crippen LogP contribution in [0, 0.1) is 0 Å². The third-order valence-corrected chi connectivity index (χ3v) is 15.6. The quantitative estimate of drug-likeness (QED) is 0.165. The Kier molecular flexibility index (Phi) is 10.2. The molecule has 0 spiro atoms. The molecule has 7 nitrogen and oxygen atoms in total. The molecular weight excluding hydrogens is 929 g/mol. The second-order valence-electron chi connectivity index (χ2n) is 19.8. The zero-order valence-corrected chi connectivity index (χ0v) is 41.5. The largest absolute Gasteiger partial charge is 0.508 e. The van der Waals surface area contributed by atoms with Crippen molar-refractivity contribution in [3.8, 4) is 51.2 Å². The number of aromatic nitrogens is 6. The molecular formula is C69H48N6O. The summed E-state index contributed by atoms with van der Waals surface area (Å²) in [5.41, 5.74) is 15.3. The van der Waals surface area contributed by atoms with Crippen molar-refractivity contribution in [3.63, 3.8) is 0 Å². The third kappa shape index (κ3) is 6.79. The Morgan fingerprint density at radius 3 is 1.26 bits per heavy atom. The van der Waals surface area contributed by atoms with Crippen LogP contribution in [0.4, 0.5) is 0 Å². The van der Waals surface area contributed by atoms with Gasteiger partial charge in [-0.25, -0.2) is 15.0 Å². The zero-order valence-electron chi connectivity index (χ0n) is 41.5. The first-order valence-electron chi connectivity index (χ1n) is 26.2. The van der Waals surface area contributed by atoms with E-state index in [0.29, 0.717) is 18.0 Å². The van der Waals surface area contributed by atoms with Gasteiger partial charge in [-0.1, -0.05) is 188 Å². The molecule has 5 heterocycles. The fourth-order valence-electron chi connectivity index (χ4n) is 12.3. The lowest BCUT2D eigenvalue weighted by molar-refractivity contribution is 0.420. The number of aliphatic hydroxyl groups is 1. The Morgan fingerprint density at radius 2 is 0.763 bits per heavy atom. The lowest BCUT2D eigenvalue weighted by atomic mass is 9.82. The molecule has 0 aliphatic heterocycles. The number of fused-ring (bicyclic) bond motifs is 9. The van der Waals surface area contributed by atoms with Gasteiger partial charge in [0.05, 0.1) is 44.5 Å². The van der Waals surface area contributed by atoms with E-state index in [2.05, 4.69) is 238 Å². The van der Waals surface area contributed by atoms with Gasteiger partial charge in [-0.3, -0.25) is 9.13 Å². The number of rotatable bonds is 8. The topological polar surface area (TPSA) is 73.7 Å². The van der Waals surface area contributed by atoms with Crippen LogP contribution in [-0.4, -0.2) is 33.8 Å². The van der Waals surface area contributed by atoms with Gasteiger partial charge in [-0.2, -0.15) is 0 Å². The molecule has 2 aliphatic rings. The average molecular weight is 977 g/mol. The summed E-state index contributed by atoms with van der Waals surface area (Å²) in [5.74, 6) is 2.41. The molecule has 0 amide bonds. The Balaban J connectivity index is 1.26. The molecule has 7 heteroatoms. The van der Waals surface area contributed by atoms with E-state index in [4.69, 9.17) is 15.0 Å². The predicted octanol–water partition coefficient (Wildman–Crippen LogP) is 17.4. The Bertz CT molecular complexity index is 4420. The van der Waals surface area contributed by atoms with Crippen molar-refractivity contribution in [3.05, 3.63) is 259 Å². The molecule has 5 aromatic heterocycles. The van der Waals surface area contributed by atoms with Crippen molar-refractivity contribution in [1.82, 2.24) is 28.7 Å². The molecule has 0 atom stereocenters. The van der Waals surface area contributed by atoms with Crippen LogP contribution in [0.3, 0.4) is 0 Å². The number of hydrogen-bond acceptors (Lipinski definition) is 4. The summed E-state index contributed by atoms with van der Waals surface area (Å²) in [5, 5.41) is 18.8. The van der Waals surface area contributed by atoms with Crippen LogP contribution in [0.15, 0.2) is 254 Å². The number of pyridine rings is 1. The minimum absolute atomic E-state index is 0.311. The number of allylic oxidation sites excluding steroid dienone is 7. The van der Waals surface area contributed by atoms with Crippen molar-refractivity contribution >= 4 is 71.0 Å². The molecule has 0 fully saturated rings. The number of para-hydroxylation sites is 6. The van der Waals surface area contributed by atoms with E-state index >= 15 is 0 Å². The summed E-state index contributed by atoms with van der Waals surface area (Å²) in [6.07, 6.45) is 11.7. The maximum atomic E-state index is 12.0. The van der Waals surface area contributed by atoms with Crippen LogP contribution in [0.25, 0.3) is 122 Å². The molecule has 15 rings (SSSR count). The van der Waals surface area contributed by atoms with Crippen LogP contribution in [-0.2, 0) is 0 Å². The number of aliphatic hydroxyl groups excluding tert-OH is 1. The van der Waals surface area contributed by atoms with Gasteiger partial charge in [0.15, 0.2) is 11.6 Å². The monoisotopic (exact) mass is 976 g/mol. The Labute approximate surface area is 438 Å². The molecule has 13 aromatic rings. The fourth-order valence-corrected chi connectivity index (χ4v) is 12.3. The molecule has 0 saturated carbocycles. The second-order valence-corrected chi connectivity index (χ2v) is 19.8. The molecule has 0 radical (unpaired) electrons. The molecule has 0 saturated heterocycles. The first-order chi connectivity index (χ1) is 37.7. The molecule has 0 unspecified atom stereocenters. The van der Waals surface area contributed by atoms with Crippen LogP contribution in [0.1, 0.15) is 31.2 Å². The van der Waals surface area contributed by atoms with Crippen LogP contribution in [0.5, 0.6) is 0 Å². The third-order valence-electron chi connectivity index (χ3n) is 15.6. The van der Waals surface area contributed by atoms with Gasteiger partial charge in [-0.15, -0.1) is 0 Å². The summed E-state index contributed by atoms with van der Waals surface area (Å²) in [6.45, 7) is 0. The lowest BCUT2D eigenvalue weighted by Crippen LogP contribution is -2.16. The average Bonchev–Trinajstić information content (AvgIpc) is 4.18. The molecule has 2 aliphatic carbocycles. The molecule has 8 aromatic carbocycles. The highest BCUT2D eigenvalue weighted by Crippen LogP contribution is 2.50. The Morgan fingerprint density at radius 1 is 0.355 bits per heavy atom. The van der Waals surface area contributed by atoms with Gasteiger partial charge >= 0.3 is 0 Å². The van der Waals surface area contributed by atoms with E-state index in [1.165, 1.54) is 0 Å². The molecule has 0 bridgehead atoms. The van der Waals surface area contributed by atoms with E-state index in [1.807, 2.05) is 12.1 Å². The second kappa shape index (κ2) is 17.7. The number of benzene rings is 8. The van der Waals surface area contributed by atoms with Gasteiger partial charge in [-0.05, 0) is 90.9 Å².